The van der Waals surface area contributed by atoms with E-state index in [4.69, 9.17) is 15.3 Å². The minimum Gasteiger partial charge on any atom is -0.530 e. The van der Waals surface area contributed by atoms with Crippen LogP contribution in [0.25, 0.3) is 0 Å². The number of carbonyl (C=O) groups is 1. The lowest BCUT2D eigenvalue weighted by atomic mass is 10.4. The van der Waals surface area contributed by atoms with Crippen LogP contribution in [0.5, 0.6) is 0 Å². The minimum atomic E-state index is -1.20. The molecule has 0 aromatic rings. The van der Waals surface area contributed by atoms with E-state index in [9.17, 15) is 9.90 Å². The molecule has 0 aromatic carbocycles. The first-order valence-electron chi connectivity index (χ1n) is 11.1. The fourth-order valence-corrected chi connectivity index (χ4v) is 2.43. The standard InChI is InChI=1S/C7H16N2O2.C7H17N.C6H16N2.CO2/c1-3-9(4-2)6-5-8-7(10)11;1-4-7-8(5-2)6-3;1-3-8(4-2)6-5-7;2-1-3/h8H,3-6H2,1-2H3,(H,10,11);4-7H2,1-3H3;3-7H2,1-2H3;/p-1. The smallest absolute Gasteiger partial charge is 0.373 e. The number of amides is 1. The lowest BCUT2D eigenvalue weighted by Gasteiger charge is -2.18. The van der Waals surface area contributed by atoms with E-state index in [-0.39, 0.29) is 6.15 Å². The first-order chi connectivity index (χ1) is 14.3. The molecule has 3 N–H and O–H groups in total. The number of likely N-dealkylation sites (N-methyl/N-ethyl adjacent to an activating group) is 2. The van der Waals surface area contributed by atoms with Crippen LogP contribution in [0.1, 0.15) is 54.9 Å². The average Bonchev–Trinajstić information content (AvgIpc) is 2.74. The fraction of sp³-hybridized carbons (Fsp3) is 0.905. The zero-order chi connectivity index (χ0) is 24.2. The van der Waals surface area contributed by atoms with Crippen molar-refractivity contribution in [2.75, 3.05) is 72.0 Å². The molecular weight excluding hydrogens is 386 g/mol. The molecule has 0 radical (unpaired) electrons. The fourth-order valence-electron chi connectivity index (χ4n) is 2.43. The normalized spacial score (nSPS) is 9.57. The maximum absolute atomic E-state index is 9.92. The Kier molecular flexibility index (Phi) is 38.5. The van der Waals surface area contributed by atoms with Crippen molar-refractivity contribution in [1.82, 2.24) is 20.0 Å². The third kappa shape index (κ3) is 34.0. The summed E-state index contributed by atoms with van der Waals surface area (Å²) in [4.78, 5) is 33.0. The summed E-state index contributed by atoms with van der Waals surface area (Å²) in [5.74, 6) is 0. The number of carbonyl (C=O) groups excluding carboxylic acids is 3. The van der Waals surface area contributed by atoms with Gasteiger partial charge >= 0.3 is 6.15 Å². The molecule has 0 fully saturated rings. The molecule has 9 nitrogen and oxygen atoms in total. The molecule has 0 aliphatic rings. The van der Waals surface area contributed by atoms with E-state index in [0.717, 1.165) is 45.8 Å². The third-order valence-electron chi connectivity index (χ3n) is 4.37. The van der Waals surface area contributed by atoms with Gasteiger partial charge in [0.1, 0.15) is 6.09 Å². The molecule has 0 aliphatic heterocycles. The monoisotopic (exact) mass is 434 g/mol. The molecule has 9 heteroatoms. The largest absolute Gasteiger partial charge is 0.530 e. The summed E-state index contributed by atoms with van der Waals surface area (Å²) in [6.07, 6.45) is 0.332. The van der Waals surface area contributed by atoms with E-state index in [1.165, 1.54) is 26.1 Å². The SMILES string of the molecule is CCCN(CC)CC.CCN(CC)CCN.CCN(CC)CCNC(=O)[O-].O=C=O. The van der Waals surface area contributed by atoms with Gasteiger partial charge in [0.15, 0.2) is 0 Å². The molecule has 0 aliphatic carbocycles. The van der Waals surface area contributed by atoms with Crippen LogP contribution in [0.15, 0.2) is 0 Å². The quantitative estimate of drug-likeness (QED) is 0.434. The summed E-state index contributed by atoms with van der Waals surface area (Å²) >= 11 is 0. The first kappa shape index (κ1) is 35.9. The van der Waals surface area contributed by atoms with Crippen molar-refractivity contribution in [2.45, 2.75) is 54.9 Å². The Labute approximate surface area is 185 Å². The van der Waals surface area contributed by atoms with E-state index in [2.05, 4.69) is 54.6 Å². The molecule has 0 saturated heterocycles. The van der Waals surface area contributed by atoms with Crippen LogP contribution in [0.4, 0.5) is 4.79 Å². The number of rotatable bonds is 13. The maximum Gasteiger partial charge on any atom is 0.373 e. The summed E-state index contributed by atoms with van der Waals surface area (Å²) in [6, 6.07) is 0. The van der Waals surface area contributed by atoms with Crippen molar-refractivity contribution in [1.29, 1.82) is 0 Å². The van der Waals surface area contributed by atoms with Crippen LogP contribution in [0.2, 0.25) is 0 Å². The zero-order valence-electron chi connectivity index (χ0n) is 20.5. The van der Waals surface area contributed by atoms with E-state index in [1.807, 2.05) is 13.8 Å². The predicted molar refractivity (Wildman–Crippen MR) is 121 cm³/mol. The Morgan fingerprint density at radius 3 is 1.30 bits per heavy atom. The van der Waals surface area contributed by atoms with Crippen molar-refractivity contribution in [3.63, 3.8) is 0 Å². The van der Waals surface area contributed by atoms with E-state index < -0.39 is 6.09 Å². The molecule has 0 aromatic heterocycles. The van der Waals surface area contributed by atoms with Crippen LogP contribution in [0, 0.1) is 0 Å². The van der Waals surface area contributed by atoms with Gasteiger partial charge < -0.3 is 35.7 Å². The highest BCUT2D eigenvalue weighted by molar-refractivity contribution is 5.61. The molecule has 0 heterocycles. The van der Waals surface area contributed by atoms with Crippen LogP contribution < -0.4 is 16.2 Å². The van der Waals surface area contributed by atoms with E-state index in [1.54, 1.807) is 0 Å². The molecule has 30 heavy (non-hydrogen) atoms. The van der Waals surface area contributed by atoms with Gasteiger partial charge in [-0.05, 0) is 52.2 Å². The number of hydrogen-bond donors (Lipinski definition) is 2. The molecule has 0 unspecified atom stereocenters. The number of nitrogens with one attached hydrogen (secondary N) is 1. The Balaban J connectivity index is -0.000000161. The number of nitrogens with zero attached hydrogens (tertiary/aromatic N) is 3. The summed E-state index contributed by atoms with van der Waals surface area (Å²) in [5, 5.41) is 12.1. The Morgan fingerprint density at radius 2 is 1.10 bits per heavy atom. The second kappa shape index (κ2) is 32.2. The summed E-state index contributed by atoms with van der Waals surface area (Å²) in [7, 11) is 0. The summed E-state index contributed by atoms with van der Waals surface area (Å²) < 4.78 is 0. The average molecular weight is 435 g/mol. The molecule has 1 amide bonds. The Bertz CT molecular complexity index is 341. The number of hydrogen-bond acceptors (Lipinski definition) is 8. The molecule has 0 rings (SSSR count). The number of carboxylic acid groups (broad SMARTS) is 1. The molecule has 0 spiro atoms. The molecular formula is C21H48N5O4-. The van der Waals surface area contributed by atoms with Gasteiger partial charge in [-0.1, -0.05) is 48.5 Å². The second-order valence-corrected chi connectivity index (χ2v) is 6.17. The highest BCUT2D eigenvalue weighted by Crippen LogP contribution is 1.87. The van der Waals surface area contributed by atoms with Gasteiger partial charge in [0.05, 0.1) is 0 Å². The van der Waals surface area contributed by atoms with Crippen molar-refractivity contribution in [3.05, 3.63) is 0 Å². The predicted octanol–water partition coefficient (Wildman–Crippen LogP) is 0.703. The van der Waals surface area contributed by atoms with Gasteiger partial charge in [0.2, 0.25) is 0 Å². The van der Waals surface area contributed by atoms with Crippen molar-refractivity contribution in [3.8, 4) is 0 Å². The molecule has 0 bridgehead atoms. The van der Waals surface area contributed by atoms with Gasteiger partial charge in [-0.15, -0.1) is 0 Å². The van der Waals surface area contributed by atoms with Gasteiger partial charge in [0, 0.05) is 26.2 Å². The first-order valence-corrected chi connectivity index (χ1v) is 11.1. The van der Waals surface area contributed by atoms with Crippen LogP contribution in [-0.4, -0.2) is 98.9 Å². The van der Waals surface area contributed by atoms with E-state index in [0.29, 0.717) is 6.54 Å². The summed E-state index contributed by atoms with van der Waals surface area (Å²) in [6.45, 7) is 25.8. The van der Waals surface area contributed by atoms with Gasteiger partial charge in [-0.25, -0.2) is 0 Å². The molecule has 182 valence electrons. The van der Waals surface area contributed by atoms with Gasteiger partial charge in [-0.2, -0.15) is 9.59 Å². The Morgan fingerprint density at radius 1 is 0.767 bits per heavy atom. The van der Waals surface area contributed by atoms with Crippen molar-refractivity contribution < 1.29 is 19.5 Å². The van der Waals surface area contributed by atoms with Gasteiger partial charge in [-0.3, -0.25) is 0 Å². The van der Waals surface area contributed by atoms with Crippen LogP contribution >= 0.6 is 0 Å². The highest BCUT2D eigenvalue weighted by Gasteiger charge is 1.96. The Hall–Kier alpha value is -1.51. The molecule has 0 atom stereocenters. The van der Waals surface area contributed by atoms with Crippen molar-refractivity contribution >= 4 is 12.2 Å². The number of nitrogens with two attached hydrogens (primary N) is 1. The third-order valence-corrected chi connectivity index (χ3v) is 4.37. The minimum absolute atomic E-state index is 0.250. The van der Waals surface area contributed by atoms with Gasteiger partial charge in [0.25, 0.3) is 0 Å². The second-order valence-electron chi connectivity index (χ2n) is 6.17. The molecule has 0 saturated carbocycles. The van der Waals surface area contributed by atoms with Crippen LogP contribution in [0.3, 0.4) is 0 Å². The lowest BCUT2D eigenvalue weighted by molar-refractivity contribution is -0.250. The summed E-state index contributed by atoms with van der Waals surface area (Å²) in [5.41, 5.74) is 5.34. The van der Waals surface area contributed by atoms with E-state index >= 15 is 0 Å². The highest BCUT2D eigenvalue weighted by atomic mass is 16.4. The van der Waals surface area contributed by atoms with Crippen molar-refractivity contribution in [2.24, 2.45) is 5.73 Å². The van der Waals surface area contributed by atoms with Crippen LogP contribution in [-0.2, 0) is 9.59 Å². The maximum atomic E-state index is 9.92. The topological polar surface area (TPSA) is 122 Å². The lowest BCUT2D eigenvalue weighted by Crippen LogP contribution is -2.41. The zero-order valence-corrected chi connectivity index (χ0v) is 20.5.